The van der Waals surface area contributed by atoms with Crippen LogP contribution in [0.3, 0.4) is 0 Å². The summed E-state index contributed by atoms with van der Waals surface area (Å²) in [5, 5.41) is 9.66. The van der Waals surface area contributed by atoms with Crippen molar-refractivity contribution < 1.29 is 9.90 Å². The minimum absolute atomic E-state index is 0.485. The van der Waals surface area contributed by atoms with Crippen LogP contribution in [-0.2, 0) is 4.79 Å². The molecule has 0 unspecified atom stereocenters. The van der Waals surface area contributed by atoms with Gasteiger partial charge in [-0.05, 0) is 19.3 Å². The smallest absolute Gasteiger partial charge is 0.120 e. The van der Waals surface area contributed by atoms with Crippen molar-refractivity contribution in [1.82, 2.24) is 0 Å². The lowest BCUT2D eigenvalue weighted by atomic mass is 9.97. The van der Waals surface area contributed by atoms with Gasteiger partial charge in [-0.2, -0.15) is 0 Å². The molecule has 0 aliphatic heterocycles. The second-order valence-corrected chi connectivity index (χ2v) is 3.14. The number of hydrogen-bond acceptors (Lipinski definition) is 2. The third-order valence-electron chi connectivity index (χ3n) is 2.26. The number of aliphatic hydroxyl groups is 1. The summed E-state index contributed by atoms with van der Waals surface area (Å²) in [5.41, 5.74) is -0.485. The van der Waals surface area contributed by atoms with Gasteiger partial charge in [0.2, 0.25) is 0 Å². The van der Waals surface area contributed by atoms with E-state index in [9.17, 15) is 9.90 Å². The summed E-state index contributed by atoms with van der Waals surface area (Å²) in [6.07, 6.45) is 6.08. The molecule has 0 heterocycles. The van der Waals surface area contributed by atoms with Gasteiger partial charge in [0.05, 0.1) is 5.60 Å². The van der Waals surface area contributed by atoms with Gasteiger partial charge in [0.15, 0.2) is 0 Å². The first kappa shape index (κ1) is 7.73. The number of carbonyl (C=O) groups is 1. The molecule has 0 spiro atoms. The minimum atomic E-state index is -0.485. The van der Waals surface area contributed by atoms with Crippen LogP contribution in [0.5, 0.6) is 0 Å². The Labute approximate surface area is 61.2 Å². The number of carbonyl (C=O) groups excluding carboxylic acids is 1. The highest BCUT2D eigenvalue weighted by molar-refractivity contribution is 5.49. The maximum absolute atomic E-state index is 9.99. The van der Waals surface area contributed by atoms with E-state index in [2.05, 4.69) is 0 Å². The van der Waals surface area contributed by atoms with Gasteiger partial charge >= 0.3 is 0 Å². The molecule has 1 aliphatic carbocycles. The van der Waals surface area contributed by atoms with Crippen LogP contribution in [0.15, 0.2) is 0 Å². The van der Waals surface area contributed by atoms with Crippen LogP contribution < -0.4 is 0 Å². The average molecular weight is 142 g/mol. The van der Waals surface area contributed by atoms with Crippen molar-refractivity contribution in [3.05, 3.63) is 0 Å². The van der Waals surface area contributed by atoms with Crippen LogP contribution in [-0.4, -0.2) is 17.0 Å². The quantitative estimate of drug-likeness (QED) is 0.602. The van der Waals surface area contributed by atoms with Gasteiger partial charge in [-0.15, -0.1) is 0 Å². The maximum Gasteiger partial charge on any atom is 0.120 e. The van der Waals surface area contributed by atoms with Gasteiger partial charge < -0.3 is 9.90 Å². The third kappa shape index (κ3) is 1.81. The summed E-state index contributed by atoms with van der Waals surface area (Å²) in [7, 11) is 0. The summed E-state index contributed by atoms with van der Waals surface area (Å²) >= 11 is 0. The standard InChI is InChI=1S/C8H14O2/c9-7-3-6-8(10)4-1-2-5-8/h7,10H,1-6H2. The normalized spacial score (nSPS) is 22.9. The van der Waals surface area contributed by atoms with E-state index < -0.39 is 5.60 Å². The third-order valence-corrected chi connectivity index (χ3v) is 2.26. The highest BCUT2D eigenvalue weighted by atomic mass is 16.3. The molecule has 1 rings (SSSR count). The topological polar surface area (TPSA) is 37.3 Å². The van der Waals surface area contributed by atoms with E-state index in [1.165, 1.54) is 0 Å². The predicted octanol–water partition coefficient (Wildman–Crippen LogP) is 1.27. The summed E-state index contributed by atoms with van der Waals surface area (Å²) in [5.74, 6) is 0. The molecule has 0 aromatic carbocycles. The Bertz CT molecular complexity index is 114. The van der Waals surface area contributed by atoms with Crippen molar-refractivity contribution in [2.45, 2.75) is 44.1 Å². The largest absolute Gasteiger partial charge is 0.390 e. The van der Waals surface area contributed by atoms with Crippen molar-refractivity contribution in [3.8, 4) is 0 Å². The molecular formula is C8H14O2. The van der Waals surface area contributed by atoms with Gasteiger partial charge in [-0.25, -0.2) is 0 Å². The van der Waals surface area contributed by atoms with Crippen LogP contribution >= 0.6 is 0 Å². The van der Waals surface area contributed by atoms with E-state index in [4.69, 9.17) is 0 Å². The van der Waals surface area contributed by atoms with Crippen molar-refractivity contribution in [2.24, 2.45) is 0 Å². The van der Waals surface area contributed by atoms with Crippen LogP contribution in [0.2, 0.25) is 0 Å². The van der Waals surface area contributed by atoms with E-state index in [1.807, 2.05) is 0 Å². The monoisotopic (exact) mass is 142 g/mol. The molecule has 1 aliphatic rings. The molecule has 2 nitrogen and oxygen atoms in total. The fourth-order valence-corrected chi connectivity index (χ4v) is 1.61. The Balaban J connectivity index is 2.28. The van der Waals surface area contributed by atoms with E-state index in [-0.39, 0.29) is 0 Å². The zero-order valence-electron chi connectivity index (χ0n) is 6.18. The predicted molar refractivity (Wildman–Crippen MR) is 38.7 cm³/mol. The van der Waals surface area contributed by atoms with Crippen molar-refractivity contribution in [2.75, 3.05) is 0 Å². The lowest BCUT2D eigenvalue weighted by Gasteiger charge is -2.19. The molecule has 1 saturated carbocycles. The molecule has 1 N–H and O–H groups in total. The lowest BCUT2D eigenvalue weighted by Crippen LogP contribution is -2.23. The van der Waals surface area contributed by atoms with Gasteiger partial charge in [-0.3, -0.25) is 0 Å². The Kier molecular flexibility index (Phi) is 2.44. The molecule has 1 fully saturated rings. The molecular weight excluding hydrogens is 128 g/mol. The molecule has 10 heavy (non-hydrogen) atoms. The summed E-state index contributed by atoms with van der Waals surface area (Å²) < 4.78 is 0. The molecule has 0 radical (unpaired) electrons. The summed E-state index contributed by atoms with van der Waals surface area (Å²) in [6, 6.07) is 0. The van der Waals surface area contributed by atoms with E-state index >= 15 is 0 Å². The fourth-order valence-electron chi connectivity index (χ4n) is 1.61. The van der Waals surface area contributed by atoms with Gasteiger partial charge in [0.1, 0.15) is 6.29 Å². The Hall–Kier alpha value is -0.370. The Morgan fingerprint density at radius 3 is 2.50 bits per heavy atom. The number of aldehydes is 1. The molecule has 2 heteroatoms. The van der Waals surface area contributed by atoms with E-state index in [0.717, 1.165) is 32.0 Å². The zero-order chi connectivity index (χ0) is 7.45. The van der Waals surface area contributed by atoms with Crippen LogP contribution in [0.1, 0.15) is 38.5 Å². The van der Waals surface area contributed by atoms with Crippen molar-refractivity contribution >= 4 is 6.29 Å². The second-order valence-electron chi connectivity index (χ2n) is 3.14. The summed E-state index contributed by atoms with van der Waals surface area (Å²) in [4.78, 5) is 9.99. The molecule has 0 aromatic heterocycles. The molecule has 0 saturated heterocycles. The SMILES string of the molecule is O=CCCC1(O)CCCC1. The molecule has 0 bridgehead atoms. The molecule has 0 atom stereocenters. The first-order valence-corrected chi connectivity index (χ1v) is 3.93. The summed E-state index contributed by atoms with van der Waals surface area (Å²) in [6.45, 7) is 0. The van der Waals surface area contributed by atoms with E-state index in [1.54, 1.807) is 0 Å². The zero-order valence-corrected chi connectivity index (χ0v) is 6.18. The fraction of sp³-hybridized carbons (Fsp3) is 0.875. The minimum Gasteiger partial charge on any atom is -0.390 e. The first-order chi connectivity index (χ1) is 4.77. The first-order valence-electron chi connectivity index (χ1n) is 3.93. The highest BCUT2D eigenvalue weighted by Crippen LogP contribution is 2.32. The number of hydrogen-bond donors (Lipinski definition) is 1. The lowest BCUT2D eigenvalue weighted by molar-refractivity contribution is -0.109. The number of rotatable bonds is 3. The Morgan fingerprint density at radius 1 is 1.40 bits per heavy atom. The molecule has 0 aromatic rings. The van der Waals surface area contributed by atoms with E-state index in [0.29, 0.717) is 12.8 Å². The van der Waals surface area contributed by atoms with Crippen molar-refractivity contribution in [1.29, 1.82) is 0 Å². The average Bonchev–Trinajstić information content (AvgIpc) is 2.33. The highest BCUT2D eigenvalue weighted by Gasteiger charge is 2.29. The van der Waals surface area contributed by atoms with Gasteiger partial charge in [0.25, 0.3) is 0 Å². The van der Waals surface area contributed by atoms with Gasteiger partial charge in [0, 0.05) is 6.42 Å². The Morgan fingerprint density at radius 2 is 2.00 bits per heavy atom. The van der Waals surface area contributed by atoms with Crippen molar-refractivity contribution in [3.63, 3.8) is 0 Å². The molecule has 58 valence electrons. The van der Waals surface area contributed by atoms with Crippen LogP contribution in [0.4, 0.5) is 0 Å². The second kappa shape index (κ2) is 3.15. The maximum atomic E-state index is 9.99. The van der Waals surface area contributed by atoms with Crippen LogP contribution in [0.25, 0.3) is 0 Å². The van der Waals surface area contributed by atoms with Gasteiger partial charge in [-0.1, -0.05) is 12.8 Å². The molecule has 0 amide bonds. The van der Waals surface area contributed by atoms with Crippen LogP contribution in [0, 0.1) is 0 Å².